The van der Waals surface area contributed by atoms with E-state index in [-0.39, 0.29) is 5.82 Å². The molecule has 0 amide bonds. The number of hydrogen-bond donors (Lipinski definition) is 0. The summed E-state index contributed by atoms with van der Waals surface area (Å²) in [6.07, 6.45) is 3.28. The molecule has 0 aliphatic rings. The lowest BCUT2D eigenvalue weighted by Crippen LogP contribution is -2.16. The summed E-state index contributed by atoms with van der Waals surface area (Å²) in [7, 11) is -1.66. The predicted octanol–water partition coefficient (Wildman–Crippen LogP) is 7.42. The SMILES string of the molecule is CCCC/C(=C/P(c1ccccc1)c1ccccc1F)P(c1ccccc1)c1ccccc1. The van der Waals surface area contributed by atoms with Crippen molar-refractivity contribution in [3.05, 3.63) is 132 Å². The monoisotopic (exact) mass is 470 g/mol. The molecule has 0 nitrogen and oxygen atoms in total. The van der Waals surface area contributed by atoms with Gasteiger partial charge in [0.2, 0.25) is 0 Å². The Morgan fingerprint density at radius 1 is 0.667 bits per heavy atom. The second-order valence-electron chi connectivity index (χ2n) is 7.89. The van der Waals surface area contributed by atoms with Crippen molar-refractivity contribution in [3.8, 4) is 0 Å². The van der Waals surface area contributed by atoms with E-state index < -0.39 is 15.8 Å². The average Bonchev–Trinajstić information content (AvgIpc) is 2.88. The van der Waals surface area contributed by atoms with Gasteiger partial charge >= 0.3 is 0 Å². The van der Waals surface area contributed by atoms with Gasteiger partial charge in [-0.15, -0.1) is 0 Å². The Bertz CT molecular complexity index is 1120. The maximum Gasteiger partial charge on any atom is 0.131 e. The van der Waals surface area contributed by atoms with Crippen molar-refractivity contribution in [1.29, 1.82) is 0 Å². The maximum atomic E-state index is 15.1. The highest BCUT2D eigenvalue weighted by Gasteiger charge is 2.22. The fourth-order valence-corrected chi connectivity index (χ4v) is 9.02. The Balaban J connectivity index is 1.90. The van der Waals surface area contributed by atoms with Crippen molar-refractivity contribution in [3.63, 3.8) is 0 Å². The Labute approximate surface area is 199 Å². The van der Waals surface area contributed by atoms with Crippen LogP contribution >= 0.6 is 15.8 Å². The van der Waals surface area contributed by atoms with Crippen LogP contribution in [-0.4, -0.2) is 0 Å². The van der Waals surface area contributed by atoms with E-state index in [0.29, 0.717) is 0 Å². The topological polar surface area (TPSA) is 0 Å². The third-order valence-electron chi connectivity index (χ3n) is 5.53. The first kappa shape index (κ1) is 23.6. The van der Waals surface area contributed by atoms with Crippen LogP contribution in [-0.2, 0) is 0 Å². The van der Waals surface area contributed by atoms with Crippen molar-refractivity contribution < 1.29 is 4.39 Å². The van der Waals surface area contributed by atoms with Crippen molar-refractivity contribution in [1.82, 2.24) is 0 Å². The van der Waals surface area contributed by atoms with E-state index in [1.54, 1.807) is 12.1 Å². The second kappa shape index (κ2) is 12.0. The van der Waals surface area contributed by atoms with Crippen LogP contribution in [0.2, 0.25) is 0 Å². The largest absolute Gasteiger partial charge is 0.206 e. The van der Waals surface area contributed by atoms with Gasteiger partial charge in [-0.3, -0.25) is 0 Å². The van der Waals surface area contributed by atoms with Crippen molar-refractivity contribution in [2.75, 3.05) is 0 Å². The Morgan fingerprint density at radius 2 is 1.15 bits per heavy atom. The normalized spacial score (nSPS) is 12.6. The van der Waals surface area contributed by atoms with Gasteiger partial charge in [0.25, 0.3) is 0 Å². The van der Waals surface area contributed by atoms with Gasteiger partial charge in [0.1, 0.15) is 5.82 Å². The van der Waals surface area contributed by atoms with Crippen LogP contribution in [0.3, 0.4) is 0 Å². The second-order valence-corrected chi connectivity index (χ2v) is 12.2. The molecule has 1 atom stereocenters. The fraction of sp³-hybridized carbons (Fsp3) is 0.133. The minimum Gasteiger partial charge on any atom is -0.206 e. The summed E-state index contributed by atoms with van der Waals surface area (Å²) >= 11 is 0. The van der Waals surface area contributed by atoms with E-state index in [2.05, 4.69) is 97.7 Å². The predicted molar refractivity (Wildman–Crippen MR) is 146 cm³/mol. The zero-order valence-corrected chi connectivity index (χ0v) is 20.7. The number of halogens is 1. The van der Waals surface area contributed by atoms with Gasteiger partial charge in [0.15, 0.2) is 0 Å². The van der Waals surface area contributed by atoms with Crippen LogP contribution in [0, 0.1) is 5.82 Å². The van der Waals surface area contributed by atoms with Gasteiger partial charge in [0.05, 0.1) is 0 Å². The van der Waals surface area contributed by atoms with Crippen LogP contribution in [0.4, 0.5) is 4.39 Å². The van der Waals surface area contributed by atoms with E-state index in [0.717, 1.165) is 24.6 Å². The highest BCUT2D eigenvalue weighted by molar-refractivity contribution is 7.80. The van der Waals surface area contributed by atoms with Crippen molar-refractivity contribution in [2.24, 2.45) is 0 Å². The van der Waals surface area contributed by atoms with Gasteiger partial charge in [-0.05, 0) is 61.8 Å². The lowest BCUT2D eigenvalue weighted by Gasteiger charge is -2.25. The smallest absolute Gasteiger partial charge is 0.131 e. The standard InChI is InChI=1S/C30H29FP2/c1-2-3-15-28(33(26-18-9-5-10-19-26)27-20-11-6-12-21-27)24-32(25-16-7-4-8-17-25)30-23-14-13-22-29(30)31/h4-14,16-24H,2-3,15H2,1H3/b28-24-. The summed E-state index contributed by atoms with van der Waals surface area (Å²) in [5, 5.41) is 6.10. The summed E-state index contributed by atoms with van der Waals surface area (Å²) < 4.78 is 15.1. The first-order valence-electron chi connectivity index (χ1n) is 11.5. The van der Waals surface area contributed by atoms with Crippen molar-refractivity contribution >= 4 is 37.1 Å². The highest BCUT2D eigenvalue weighted by atomic mass is 31.1. The summed E-state index contributed by atoms with van der Waals surface area (Å²) in [6.45, 7) is 2.24. The highest BCUT2D eigenvalue weighted by Crippen LogP contribution is 2.50. The zero-order chi connectivity index (χ0) is 22.9. The summed E-state index contributed by atoms with van der Waals surface area (Å²) in [5.41, 5.74) is 0. The lowest BCUT2D eigenvalue weighted by atomic mass is 10.2. The number of unbranched alkanes of at least 4 members (excludes halogenated alkanes) is 1. The summed E-state index contributed by atoms with van der Waals surface area (Å²) in [4.78, 5) is 0. The molecule has 166 valence electrons. The van der Waals surface area contributed by atoms with Crippen LogP contribution in [0.1, 0.15) is 26.2 Å². The molecule has 4 aromatic rings. The van der Waals surface area contributed by atoms with Crippen LogP contribution in [0.5, 0.6) is 0 Å². The molecule has 0 bridgehead atoms. The summed E-state index contributed by atoms with van der Waals surface area (Å²) in [6, 6.07) is 39.3. The molecule has 0 spiro atoms. The quantitative estimate of drug-likeness (QED) is 0.223. The van der Waals surface area contributed by atoms with Crippen LogP contribution < -0.4 is 21.2 Å². The van der Waals surface area contributed by atoms with E-state index in [4.69, 9.17) is 0 Å². The first-order valence-corrected chi connectivity index (χ1v) is 14.2. The molecule has 4 rings (SSSR count). The molecule has 1 unspecified atom stereocenters. The van der Waals surface area contributed by atoms with Gasteiger partial charge in [-0.1, -0.05) is 123 Å². The molecular formula is C30H29FP2. The molecule has 0 fully saturated rings. The number of allylic oxidation sites excluding steroid dienone is 1. The Morgan fingerprint density at radius 3 is 1.67 bits per heavy atom. The van der Waals surface area contributed by atoms with Gasteiger partial charge < -0.3 is 0 Å². The number of benzene rings is 4. The van der Waals surface area contributed by atoms with E-state index >= 15 is 4.39 Å². The minimum absolute atomic E-state index is 0.123. The van der Waals surface area contributed by atoms with Crippen molar-refractivity contribution in [2.45, 2.75) is 26.2 Å². The zero-order valence-electron chi connectivity index (χ0n) is 18.9. The van der Waals surface area contributed by atoms with E-state index in [1.807, 2.05) is 18.2 Å². The molecule has 0 heterocycles. The fourth-order valence-electron chi connectivity index (χ4n) is 3.89. The molecule has 0 saturated heterocycles. The molecule has 0 aliphatic heterocycles. The minimum atomic E-state index is -0.962. The Hall–Kier alpha value is -2.59. The molecule has 3 heteroatoms. The molecule has 0 saturated carbocycles. The van der Waals surface area contributed by atoms with Gasteiger partial charge in [-0.25, -0.2) is 4.39 Å². The van der Waals surface area contributed by atoms with Gasteiger partial charge in [0, 0.05) is 5.30 Å². The third-order valence-corrected chi connectivity index (χ3v) is 10.6. The maximum absolute atomic E-state index is 15.1. The average molecular weight is 471 g/mol. The summed E-state index contributed by atoms with van der Waals surface area (Å²) in [5.74, 6) is 2.30. The van der Waals surface area contributed by atoms with Gasteiger partial charge in [-0.2, -0.15) is 0 Å². The van der Waals surface area contributed by atoms with Crippen LogP contribution in [0.15, 0.2) is 126 Å². The number of rotatable bonds is 9. The lowest BCUT2D eigenvalue weighted by molar-refractivity contribution is 0.636. The third kappa shape index (κ3) is 6.05. The molecule has 0 aliphatic carbocycles. The molecular weight excluding hydrogens is 441 g/mol. The molecule has 33 heavy (non-hydrogen) atoms. The molecule has 0 aromatic heterocycles. The molecule has 0 radical (unpaired) electrons. The molecule has 0 N–H and O–H groups in total. The van der Waals surface area contributed by atoms with E-state index in [9.17, 15) is 0 Å². The Kier molecular flexibility index (Phi) is 8.59. The molecule has 4 aromatic carbocycles. The first-order chi connectivity index (χ1) is 16.3. The number of hydrogen-bond acceptors (Lipinski definition) is 0. The van der Waals surface area contributed by atoms with Crippen LogP contribution in [0.25, 0.3) is 0 Å². The van der Waals surface area contributed by atoms with E-state index in [1.165, 1.54) is 21.2 Å².